The van der Waals surface area contributed by atoms with Gasteiger partial charge in [0.15, 0.2) is 5.78 Å². The van der Waals surface area contributed by atoms with Gasteiger partial charge in [0, 0.05) is 17.5 Å². The second-order valence-corrected chi connectivity index (χ2v) is 16.4. The van der Waals surface area contributed by atoms with Crippen LogP contribution >= 0.6 is 0 Å². The quantitative estimate of drug-likeness (QED) is 0.164. The number of carboxylic acid groups (broad SMARTS) is 1. The van der Waals surface area contributed by atoms with Crippen molar-refractivity contribution in [2.75, 3.05) is 0 Å². The normalized spacial score (nSPS) is 44.1. The fraction of sp³-hybridized carbons (Fsp3) is 0.676. The number of fused-ring (bicyclic) bond motifs is 7. The number of nitro groups is 1. The number of carboxylic acids is 1. The van der Waals surface area contributed by atoms with E-state index < -0.39 is 16.8 Å². The van der Waals surface area contributed by atoms with E-state index in [2.05, 4.69) is 48.1 Å². The van der Waals surface area contributed by atoms with E-state index in [1.165, 1.54) is 6.07 Å². The maximum atomic E-state index is 14.1. The van der Waals surface area contributed by atoms with Gasteiger partial charge in [-0.1, -0.05) is 58.9 Å². The first-order chi connectivity index (χ1) is 20.0. The van der Waals surface area contributed by atoms with E-state index in [4.69, 9.17) is 0 Å². The number of carbonyl (C=O) groups is 2. The van der Waals surface area contributed by atoms with Crippen molar-refractivity contribution in [3.63, 3.8) is 0 Å². The summed E-state index contributed by atoms with van der Waals surface area (Å²) in [5.41, 5.74) is 1.45. The third kappa shape index (κ3) is 3.96. The van der Waals surface area contributed by atoms with Crippen LogP contribution in [-0.4, -0.2) is 21.8 Å². The van der Waals surface area contributed by atoms with E-state index in [0.717, 1.165) is 62.5 Å². The van der Waals surface area contributed by atoms with Gasteiger partial charge in [-0.25, -0.2) is 0 Å². The van der Waals surface area contributed by atoms with E-state index in [9.17, 15) is 24.8 Å². The monoisotopic (exact) mass is 587 g/mol. The minimum absolute atomic E-state index is 0.0150. The van der Waals surface area contributed by atoms with Gasteiger partial charge in [0.05, 0.1) is 10.3 Å². The molecule has 1 aromatic carbocycles. The maximum Gasteiger partial charge on any atom is 0.309 e. The van der Waals surface area contributed by atoms with Crippen LogP contribution in [0.15, 0.2) is 42.0 Å². The van der Waals surface area contributed by atoms with E-state index in [-0.39, 0.29) is 50.4 Å². The lowest BCUT2D eigenvalue weighted by atomic mass is 9.32. The number of Topliss-reactive ketones (excluding diaryl/α,β-unsaturated/α-hetero) is 1. The molecule has 5 aliphatic carbocycles. The molecule has 0 heterocycles. The van der Waals surface area contributed by atoms with Crippen molar-refractivity contribution in [3.8, 4) is 0 Å². The van der Waals surface area contributed by atoms with Crippen LogP contribution in [0.3, 0.4) is 0 Å². The number of non-ortho nitro benzene ring substituents is 1. The third-order valence-electron chi connectivity index (χ3n) is 14.5. The molecule has 0 saturated heterocycles. The Bertz CT molecular complexity index is 1440. The largest absolute Gasteiger partial charge is 0.481 e. The molecular weight excluding hydrogens is 538 g/mol. The molecule has 0 aliphatic heterocycles. The Morgan fingerprint density at radius 1 is 1.00 bits per heavy atom. The van der Waals surface area contributed by atoms with E-state index >= 15 is 0 Å². The zero-order valence-electron chi connectivity index (χ0n) is 26.9. The minimum Gasteiger partial charge on any atom is -0.481 e. The van der Waals surface area contributed by atoms with Gasteiger partial charge in [0.1, 0.15) is 0 Å². The van der Waals surface area contributed by atoms with E-state index in [1.807, 2.05) is 12.1 Å². The highest BCUT2D eigenvalue weighted by atomic mass is 16.6. The number of benzene rings is 1. The average molecular weight is 588 g/mol. The molecule has 0 unspecified atom stereocenters. The van der Waals surface area contributed by atoms with Crippen LogP contribution in [0.5, 0.6) is 0 Å². The molecule has 6 heteroatoms. The highest BCUT2D eigenvalue weighted by Gasteiger charge is 2.72. The molecular formula is C37H49NO5. The molecule has 1 aromatic rings. The van der Waals surface area contributed by atoms with Gasteiger partial charge in [-0.2, -0.15) is 0 Å². The van der Waals surface area contributed by atoms with Crippen LogP contribution < -0.4 is 0 Å². The fourth-order valence-corrected chi connectivity index (χ4v) is 12.4. The van der Waals surface area contributed by atoms with E-state index in [0.29, 0.717) is 23.8 Å². The van der Waals surface area contributed by atoms with Gasteiger partial charge >= 0.3 is 5.97 Å². The molecule has 9 atom stereocenters. The predicted molar refractivity (Wildman–Crippen MR) is 168 cm³/mol. The molecule has 232 valence electrons. The van der Waals surface area contributed by atoms with Crippen molar-refractivity contribution in [1.82, 2.24) is 0 Å². The number of nitrogens with zero attached hydrogens (tertiary/aromatic N) is 1. The molecule has 6 nitrogen and oxygen atoms in total. The molecule has 0 aromatic heterocycles. The number of allylic oxidation sites excluding steroid dienone is 2. The molecule has 0 bridgehead atoms. The standard InChI is InChI=1S/C37H49NO5/c1-22(2)26-13-16-37(32(40)41)18-17-35(6)27(30(26)37)11-12-29-34(5)21-24(19-23-9-8-10-25(20-23)38(42)43)31(39)33(3,4)28(34)14-15-36(29,35)7/h8-10,19-20,26-30H,1,11-18,21H2,2-7H3,(H,40,41)/b24-19-/t26-,27+,28-,29+,30+,34-,35+,36+,37-/m0/s1. The van der Waals surface area contributed by atoms with Crippen molar-refractivity contribution in [2.24, 2.45) is 56.7 Å². The van der Waals surface area contributed by atoms with Crippen molar-refractivity contribution in [2.45, 2.75) is 99.3 Å². The van der Waals surface area contributed by atoms with Crippen LogP contribution in [0, 0.1) is 66.8 Å². The van der Waals surface area contributed by atoms with Crippen molar-refractivity contribution < 1.29 is 19.6 Å². The first-order valence-corrected chi connectivity index (χ1v) is 16.4. The van der Waals surface area contributed by atoms with Crippen LogP contribution in [0.25, 0.3) is 6.08 Å². The SMILES string of the molecule is C=C(C)[C@@H]1CC[C@]2(C(=O)O)CC[C@]3(C)[C@H](CC[C@@H]4[C@@]5(C)C/C(=C/c6cccc([N+](=O)[O-])c6)C(=O)C(C)(C)[C@@H]5CC[C@]43C)[C@@H]12. The van der Waals surface area contributed by atoms with Crippen LogP contribution in [-0.2, 0) is 9.59 Å². The molecule has 5 saturated carbocycles. The summed E-state index contributed by atoms with van der Waals surface area (Å²) in [6, 6.07) is 6.59. The number of nitro benzene ring substituents is 1. The average Bonchev–Trinajstić information content (AvgIpc) is 3.34. The summed E-state index contributed by atoms with van der Waals surface area (Å²) in [5.74, 6) is 0.980. The highest BCUT2D eigenvalue weighted by Crippen LogP contribution is 2.77. The topological polar surface area (TPSA) is 97.5 Å². The molecule has 5 aliphatic rings. The van der Waals surface area contributed by atoms with Crippen LogP contribution in [0.4, 0.5) is 5.69 Å². The maximum absolute atomic E-state index is 14.1. The van der Waals surface area contributed by atoms with E-state index in [1.54, 1.807) is 12.1 Å². The Kier molecular flexibility index (Phi) is 6.77. The molecule has 5 fully saturated rings. The second kappa shape index (κ2) is 9.62. The third-order valence-corrected chi connectivity index (χ3v) is 14.5. The highest BCUT2D eigenvalue weighted by molar-refractivity contribution is 6.04. The van der Waals surface area contributed by atoms with Crippen molar-refractivity contribution >= 4 is 23.5 Å². The number of aliphatic carboxylic acids is 1. The van der Waals surface area contributed by atoms with Gasteiger partial charge in [0.2, 0.25) is 0 Å². The van der Waals surface area contributed by atoms with Gasteiger partial charge in [0.25, 0.3) is 5.69 Å². The fourth-order valence-electron chi connectivity index (χ4n) is 12.4. The van der Waals surface area contributed by atoms with Gasteiger partial charge < -0.3 is 5.11 Å². The summed E-state index contributed by atoms with van der Waals surface area (Å²) >= 11 is 0. The Balaban J connectivity index is 1.41. The molecule has 6 rings (SSSR count). The van der Waals surface area contributed by atoms with Crippen molar-refractivity contribution in [3.05, 3.63) is 57.7 Å². The zero-order chi connectivity index (χ0) is 31.3. The van der Waals surface area contributed by atoms with Gasteiger partial charge in [-0.15, -0.1) is 0 Å². The molecule has 0 amide bonds. The Morgan fingerprint density at radius 2 is 1.72 bits per heavy atom. The summed E-state index contributed by atoms with van der Waals surface area (Å²) in [6.45, 7) is 18.1. The number of hydrogen-bond acceptors (Lipinski definition) is 4. The summed E-state index contributed by atoms with van der Waals surface area (Å²) in [6.07, 6.45) is 10.1. The first-order valence-electron chi connectivity index (χ1n) is 16.4. The molecule has 1 N–H and O–H groups in total. The Hall–Kier alpha value is -2.76. The lowest BCUT2D eigenvalue weighted by Gasteiger charge is -2.72. The van der Waals surface area contributed by atoms with Crippen LogP contribution in [0.2, 0.25) is 0 Å². The second-order valence-electron chi connectivity index (χ2n) is 16.4. The first kappa shape index (κ1) is 30.3. The lowest BCUT2D eigenvalue weighted by molar-refractivity contribution is -0.384. The molecule has 43 heavy (non-hydrogen) atoms. The summed E-state index contributed by atoms with van der Waals surface area (Å²) < 4.78 is 0. The van der Waals surface area contributed by atoms with Gasteiger partial charge in [-0.05, 0) is 128 Å². The lowest BCUT2D eigenvalue weighted by Crippen LogP contribution is -2.67. The smallest absolute Gasteiger partial charge is 0.309 e. The minimum atomic E-state index is -0.633. The molecule has 0 radical (unpaired) electrons. The van der Waals surface area contributed by atoms with Gasteiger partial charge in [-0.3, -0.25) is 19.7 Å². The summed E-state index contributed by atoms with van der Waals surface area (Å²) in [7, 11) is 0. The Labute approximate surface area is 256 Å². The predicted octanol–water partition coefficient (Wildman–Crippen LogP) is 8.90. The van der Waals surface area contributed by atoms with Crippen LogP contribution in [0.1, 0.15) is 105 Å². The number of hydrogen-bond donors (Lipinski definition) is 1. The van der Waals surface area contributed by atoms with Crippen molar-refractivity contribution in [1.29, 1.82) is 0 Å². The zero-order valence-corrected chi connectivity index (χ0v) is 26.9. The molecule has 0 spiro atoms. The summed E-state index contributed by atoms with van der Waals surface area (Å²) in [4.78, 5) is 38.1. The Morgan fingerprint density at radius 3 is 2.37 bits per heavy atom. The summed E-state index contributed by atoms with van der Waals surface area (Å²) in [5, 5.41) is 22.1. The number of rotatable bonds is 4. The number of carbonyl (C=O) groups excluding carboxylic acids is 1. The number of ketones is 1.